The van der Waals surface area contributed by atoms with Crippen molar-refractivity contribution < 1.29 is 14.1 Å². The van der Waals surface area contributed by atoms with Crippen molar-refractivity contribution in [2.24, 2.45) is 0 Å². The Morgan fingerprint density at radius 1 is 1.23 bits per heavy atom. The zero-order valence-electron chi connectivity index (χ0n) is 14.6. The molecule has 0 unspecified atom stereocenters. The Balaban J connectivity index is 1.65. The number of ether oxygens (including phenoxy) is 1. The molecular formula is C19H18ClN3O3. The molecule has 1 heterocycles. The molecule has 3 aromatic rings. The number of nitrogens with one attached hydrogen (secondary N) is 1. The van der Waals surface area contributed by atoms with Gasteiger partial charge in [0.1, 0.15) is 5.75 Å². The van der Waals surface area contributed by atoms with Gasteiger partial charge in [0.2, 0.25) is 0 Å². The van der Waals surface area contributed by atoms with Crippen LogP contribution in [0.1, 0.15) is 18.1 Å². The highest BCUT2D eigenvalue weighted by Crippen LogP contribution is 2.22. The molecule has 1 atom stereocenters. The molecular weight excluding hydrogens is 354 g/mol. The molecule has 1 aromatic heterocycles. The van der Waals surface area contributed by atoms with Gasteiger partial charge < -0.3 is 9.26 Å². The molecule has 0 saturated carbocycles. The first-order valence-electron chi connectivity index (χ1n) is 8.07. The van der Waals surface area contributed by atoms with Gasteiger partial charge >= 0.3 is 0 Å². The molecule has 1 N–H and O–H groups in total. The molecule has 1 amide bonds. The van der Waals surface area contributed by atoms with Gasteiger partial charge in [-0.1, -0.05) is 29.3 Å². The Morgan fingerprint density at radius 2 is 2.04 bits per heavy atom. The van der Waals surface area contributed by atoms with Crippen molar-refractivity contribution in [1.29, 1.82) is 0 Å². The number of anilines is 1. The Hall–Kier alpha value is -2.86. The molecule has 26 heavy (non-hydrogen) atoms. The molecule has 3 rings (SSSR count). The van der Waals surface area contributed by atoms with E-state index in [9.17, 15) is 4.79 Å². The summed E-state index contributed by atoms with van der Waals surface area (Å²) in [5, 5.41) is 7.02. The lowest BCUT2D eigenvalue weighted by molar-refractivity contribution is -0.122. The zero-order valence-corrected chi connectivity index (χ0v) is 15.4. The number of nitrogens with zero attached hydrogens (tertiary/aromatic N) is 2. The summed E-state index contributed by atoms with van der Waals surface area (Å²) in [7, 11) is 0. The van der Waals surface area contributed by atoms with Gasteiger partial charge in [-0.15, -0.1) is 0 Å². The van der Waals surface area contributed by atoms with Crippen LogP contribution in [0.5, 0.6) is 5.75 Å². The number of aryl methyl sites for hydroxylation is 2. The lowest BCUT2D eigenvalue weighted by Crippen LogP contribution is -2.30. The van der Waals surface area contributed by atoms with Crippen LogP contribution in [0.3, 0.4) is 0 Å². The van der Waals surface area contributed by atoms with Gasteiger partial charge in [0.15, 0.2) is 6.10 Å². The van der Waals surface area contributed by atoms with Crippen molar-refractivity contribution >= 4 is 23.5 Å². The van der Waals surface area contributed by atoms with Crippen molar-refractivity contribution in [3.8, 4) is 17.2 Å². The molecule has 0 fully saturated rings. The lowest BCUT2D eigenvalue weighted by atomic mass is 10.1. The van der Waals surface area contributed by atoms with Crippen molar-refractivity contribution in [2.45, 2.75) is 26.9 Å². The summed E-state index contributed by atoms with van der Waals surface area (Å²) in [6, 6.07) is 12.9. The molecule has 0 bridgehead atoms. The molecule has 0 aliphatic heterocycles. The van der Waals surface area contributed by atoms with E-state index < -0.39 is 6.10 Å². The number of hydrogen-bond donors (Lipinski definition) is 1. The molecule has 0 radical (unpaired) electrons. The van der Waals surface area contributed by atoms with Crippen molar-refractivity contribution in [3.05, 3.63) is 58.6 Å². The monoisotopic (exact) mass is 371 g/mol. The summed E-state index contributed by atoms with van der Waals surface area (Å²) in [4.78, 5) is 16.5. The highest BCUT2D eigenvalue weighted by atomic mass is 35.5. The molecule has 2 aromatic carbocycles. The van der Waals surface area contributed by atoms with E-state index in [1.54, 1.807) is 25.1 Å². The van der Waals surface area contributed by atoms with Crippen LogP contribution in [0.4, 0.5) is 5.95 Å². The maximum atomic E-state index is 12.3. The number of carbonyl (C=O) groups excluding carboxylic acids is 1. The van der Waals surface area contributed by atoms with Crippen LogP contribution >= 0.6 is 11.6 Å². The van der Waals surface area contributed by atoms with Gasteiger partial charge in [0.25, 0.3) is 17.7 Å². The zero-order chi connectivity index (χ0) is 18.7. The van der Waals surface area contributed by atoms with Gasteiger partial charge in [0.05, 0.1) is 0 Å². The molecule has 0 aliphatic rings. The Labute approximate surface area is 156 Å². The van der Waals surface area contributed by atoms with Crippen LogP contribution in [-0.2, 0) is 4.79 Å². The predicted octanol–water partition coefficient (Wildman–Crippen LogP) is 4.41. The summed E-state index contributed by atoms with van der Waals surface area (Å²) < 4.78 is 10.8. The standard InChI is InChI=1S/C19H18ClN3O3/c1-11-5-4-6-14(9-11)18-22-19(23-26-18)21-17(24)13(3)25-15-7-8-16(20)12(2)10-15/h4-10,13H,1-3H3,(H,21,23,24)/t13-/m1/s1. The highest BCUT2D eigenvalue weighted by Gasteiger charge is 2.18. The number of benzene rings is 2. The van der Waals surface area contributed by atoms with E-state index in [0.717, 1.165) is 16.7 Å². The Morgan fingerprint density at radius 3 is 2.77 bits per heavy atom. The van der Waals surface area contributed by atoms with E-state index in [1.807, 2.05) is 38.1 Å². The maximum absolute atomic E-state index is 12.3. The van der Waals surface area contributed by atoms with Gasteiger partial charge in [0, 0.05) is 10.6 Å². The van der Waals surface area contributed by atoms with Gasteiger partial charge in [-0.2, -0.15) is 4.98 Å². The fraction of sp³-hybridized carbons (Fsp3) is 0.211. The predicted molar refractivity (Wildman–Crippen MR) is 99.4 cm³/mol. The molecule has 0 spiro atoms. The molecule has 134 valence electrons. The number of aromatic nitrogens is 2. The summed E-state index contributed by atoms with van der Waals surface area (Å²) in [5.41, 5.74) is 2.74. The van der Waals surface area contributed by atoms with E-state index in [2.05, 4.69) is 15.5 Å². The van der Waals surface area contributed by atoms with Gasteiger partial charge in [-0.05, 0) is 61.8 Å². The number of amides is 1. The number of carbonyl (C=O) groups is 1. The minimum Gasteiger partial charge on any atom is -0.481 e. The summed E-state index contributed by atoms with van der Waals surface area (Å²) in [6.45, 7) is 5.48. The third kappa shape index (κ3) is 4.21. The van der Waals surface area contributed by atoms with E-state index in [-0.39, 0.29) is 11.9 Å². The minimum atomic E-state index is -0.739. The van der Waals surface area contributed by atoms with Crippen LogP contribution in [0.15, 0.2) is 47.0 Å². The fourth-order valence-corrected chi connectivity index (χ4v) is 2.45. The Bertz CT molecular complexity index is 939. The van der Waals surface area contributed by atoms with Crippen molar-refractivity contribution in [2.75, 3.05) is 5.32 Å². The Kier molecular flexibility index (Phi) is 5.23. The molecule has 6 nitrogen and oxygen atoms in total. The smallest absolute Gasteiger partial charge is 0.270 e. The second kappa shape index (κ2) is 7.58. The van der Waals surface area contributed by atoms with Crippen LogP contribution in [0, 0.1) is 13.8 Å². The summed E-state index contributed by atoms with van der Waals surface area (Å²) in [6.07, 6.45) is -0.739. The van der Waals surface area contributed by atoms with E-state index >= 15 is 0 Å². The minimum absolute atomic E-state index is 0.0919. The summed E-state index contributed by atoms with van der Waals surface area (Å²) >= 11 is 5.99. The first kappa shape index (κ1) is 17.9. The summed E-state index contributed by atoms with van der Waals surface area (Å²) in [5.74, 6) is 0.609. The largest absolute Gasteiger partial charge is 0.481 e. The topological polar surface area (TPSA) is 77.2 Å². The van der Waals surface area contributed by atoms with E-state index in [0.29, 0.717) is 16.7 Å². The number of hydrogen-bond acceptors (Lipinski definition) is 5. The first-order valence-corrected chi connectivity index (χ1v) is 8.44. The second-order valence-corrected chi connectivity index (χ2v) is 6.36. The SMILES string of the molecule is Cc1cccc(-c2nc(NC(=O)[C@@H](C)Oc3ccc(Cl)c(C)c3)no2)c1. The normalized spacial score (nSPS) is 11.8. The molecule has 0 aliphatic carbocycles. The highest BCUT2D eigenvalue weighted by molar-refractivity contribution is 6.31. The molecule has 7 heteroatoms. The quantitative estimate of drug-likeness (QED) is 0.718. The average Bonchev–Trinajstić information content (AvgIpc) is 3.06. The lowest BCUT2D eigenvalue weighted by Gasteiger charge is -2.14. The maximum Gasteiger partial charge on any atom is 0.270 e. The third-order valence-corrected chi connectivity index (χ3v) is 4.16. The average molecular weight is 372 g/mol. The second-order valence-electron chi connectivity index (χ2n) is 5.95. The van der Waals surface area contributed by atoms with Crippen LogP contribution < -0.4 is 10.1 Å². The van der Waals surface area contributed by atoms with Gasteiger partial charge in [-0.25, -0.2) is 0 Å². The van der Waals surface area contributed by atoms with Crippen LogP contribution in [0.25, 0.3) is 11.5 Å². The first-order chi connectivity index (χ1) is 12.4. The molecule has 0 saturated heterocycles. The third-order valence-electron chi connectivity index (χ3n) is 3.74. The van der Waals surface area contributed by atoms with Crippen molar-refractivity contribution in [1.82, 2.24) is 10.1 Å². The number of rotatable bonds is 5. The van der Waals surface area contributed by atoms with Crippen molar-refractivity contribution in [3.63, 3.8) is 0 Å². The fourth-order valence-electron chi connectivity index (χ4n) is 2.33. The number of halogens is 1. The van der Waals surface area contributed by atoms with Crippen LogP contribution in [0.2, 0.25) is 5.02 Å². The van der Waals surface area contributed by atoms with Crippen LogP contribution in [-0.4, -0.2) is 22.2 Å². The van der Waals surface area contributed by atoms with Gasteiger partial charge in [-0.3, -0.25) is 10.1 Å². The van der Waals surface area contributed by atoms with E-state index in [4.69, 9.17) is 20.9 Å². The van der Waals surface area contributed by atoms with E-state index in [1.165, 1.54) is 0 Å².